The normalized spacial score (nSPS) is 10.5. The third-order valence-electron chi connectivity index (χ3n) is 3.07. The van der Waals surface area contributed by atoms with Gasteiger partial charge < -0.3 is 10.2 Å². The lowest BCUT2D eigenvalue weighted by atomic mass is 9.94. The zero-order chi connectivity index (χ0) is 13.8. The van der Waals surface area contributed by atoms with Crippen molar-refractivity contribution >= 4 is 22.7 Å². The van der Waals surface area contributed by atoms with Crippen LogP contribution in [0, 0.1) is 0 Å². The van der Waals surface area contributed by atoms with Gasteiger partial charge in [0, 0.05) is 6.42 Å². The fraction of sp³-hybridized carbons (Fsp3) is 0.200. The monoisotopic (exact) mass is 258 g/mol. The summed E-state index contributed by atoms with van der Waals surface area (Å²) in [6, 6.07) is 11.3. The van der Waals surface area contributed by atoms with Crippen molar-refractivity contribution in [1.82, 2.24) is 0 Å². The van der Waals surface area contributed by atoms with Crippen LogP contribution in [-0.4, -0.2) is 22.2 Å². The van der Waals surface area contributed by atoms with Gasteiger partial charge in [0.05, 0.1) is 6.42 Å². The maximum Gasteiger partial charge on any atom is 0.307 e. The van der Waals surface area contributed by atoms with E-state index in [4.69, 9.17) is 10.2 Å². The van der Waals surface area contributed by atoms with Gasteiger partial charge in [0.15, 0.2) is 0 Å². The SMILES string of the molecule is O=C(O)CCc1ccc2ccccc2c1CC(=O)O. The molecule has 0 bridgehead atoms. The molecule has 19 heavy (non-hydrogen) atoms. The molecule has 0 saturated carbocycles. The average molecular weight is 258 g/mol. The molecule has 0 aliphatic heterocycles. The highest BCUT2D eigenvalue weighted by molar-refractivity contribution is 5.90. The molecule has 2 aromatic carbocycles. The summed E-state index contributed by atoms with van der Waals surface area (Å²) in [5.41, 5.74) is 1.51. The van der Waals surface area contributed by atoms with E-state index in [1.165, 1.54) is 0 Å². The van der Waals surface area contributed by atoms with Crippen LogP contribution in [0.2, 0.25) is 0 Å². The van der Waals surface area contributed by atoms with E-state index in [9.17, 15) is 9.59 Å². The highest BCUT2D eigenvalue weighted by atomic mass is 16.4. The van der Waals surface area contributed by atoms with Crippen LogP contribution in [0.25, 0.3) is 10.8 Å². The van der Waals surface area contributed by atoms with Crippen LogP contribution in [-0.2, 0) is 22.4 Å². The van der Waals surface area contributed by atoms with Crippen LogP contribution < -0.4 is 0 Å². The van der Waals surface area contributed by atoms with E-state index in [0.29, 0.717) is 12.0 Å². The molecule has 0 unspecified atom stereocenters. The van der Waals surface area contributed by atoms with E-state index in [2.05, 4.69) is 0 Å². The summed E-state index contributed by atoms with van der Waals surface area (Å²) in [4.78, 5) is 21.6. The highest BCUT2D eigenvalue weighted by Gasteiger charge is 2.12. The van der Waals surface area contributed by atoms with Gasteiger partial charge in [-0.3, -0.25) is 9.59 Å². The number of aliphatic carboxylic acids is 2. The minimum atomic E-state index is -0.909. The lowest BCUT2D eigenvalue weighted by Crippen LogP contribution is -2.06. The Morgan fingerprint density at radius 3 is 2.37 bits per heavy atom. The number of aryl methyl sites for hydroxylation is 1. The second kappa shape index (κ2) is 5.52. The molecular weight excluding hydrogens is 244 g/mol. The third-order valence-corrected chi connectivity index (χ3v) is 3.07. The van der Waals surface area contributed by atoms with Crippen LogP contribution >= 0.6 is 0 Å². The van der Waals surface area contributed by atoms with Gasteiger partial charge >= 0.3 is 11.9 Å². The maximum atomic E-state index is 11.0. The van der Waals surface area contributed by atoms with Crippen molar-refractivity contribution in [2.75, 3.05) is 0 Å². The molecular formula is C15H14O4. The zero-order valence-electron chi connectivity index (χ0n) is 10.3. The van der Waals surface area contributed by atoms with Crippen molar-refractivity contribution in [1.29, 1.82) is 0 Å². The van der Waals surface area contributed by atoms with Crippen molar-refractivity contribution in [2.24, 2.45) is 0 Å². The van der Waals surface area contributed by atoms with Gasteiger partial charge in [0.2, 0.25) is 0 Å². The van der Waals surface area contributed by atoms with E-state index in [1.807, 2.05) is 36.4 Å². The van der Waals surface area contributed by atoms with E-state index in [0.717, 1.165) is 16.3 Å². The average Bonchev–Trinajstić information content (AvgIpc) is 2.37. The molecule has 0 radical (unpaired) electrons. The minimum absolute atomic E-state index is 0.00492. The highest BCUT2D eigenvalue weighted by Crippen LogP contribution is 2.24. The smallest absolute Gasteiger partial charge is 0.307 e. The van der Waals surface area contributed by atoms with Gasteiger partial charge in [-0.05, 0) is 28.3 Å². The predicted octanol–water partition coefficient (Wildman–Crippen LogP) is 2.48. The Labute approximate surface area is 110 Å². The maximum absolute atomic E-state index is 11.0. The largest absolute Gasteiger partial charge is 0.481 e. The first-order valence-electron chi connectivity index (χ1n) is 6.01. The first kappa shape index (κ1) is 13.1. The van der Waals surface area contributed by atoms with E-state index in [1.54, 1.807) is 0 Å². The Hall–Kier alpha value is -2.36. The fourth-order valence-electron chi connectivity index (χ4n) is 2.22. The predicted molar refractivity (Wildman–Crippen MR) is 71.2 cm³/mol. The summed E-state index contributed by atoms with van der Waals surface area (Å²) in [5.74, 6) is -1.79. The molecule has 0 spiro atoms. The van der Waals surface area contributed by atoms with Gasteiger partial charge in [0.1, 0.15) is 0 Å². The second-order valence-corrected chi connectivity index (χ2v) is 4.39. The van der Waals surface area contributed by atoms with Crippen LogP contribution in [0.3, 0.4) is 0 Å². The van der Waals surface area contributed by atoms with Gasteiger partial charge in [0.25, 0.3) is 0 Å². The minimum Gasteiger partial charge on any atom is -0.481 e. The molecule has 2 aromatic rings. The van der Waals surface area contributed by atoms with E-state index in [-0.39, 0.29) is 12.8 Å². The van der Waals surface area contributed by atoms with Crippen molar-refractivity contribution in [3.8, 4) is 0 Å². The van der Waals surface area contributed by atoms with Gasteiger partial charge in [-0.2, -0.15) is 0 Å². The number of hydrogen-bond acceptors (Lipinski definition) is 2. The van der Waals surface area contributed by atoms with Gasteiger partial charge in [-0.25, -0.2) is 0 Å². The topological polar surface area (TPSA) is 74.6 Å². The molecule has 0 amide bonds. The van der Waals surface area contributed by atoms with Gasteiger partial charge in [-0.1, -0.05) is 36.4 Å². The van der Waals surface area contributed by atoms with Crippen molar-refractivity contribution in [3.05, 3.63) is 47.5 Å². The lowest BCUT2D eigenvalue weighted by Gasteiger charge is -2.11. The number of hydrogen-bond donors (Lipinski definition) is 2. The summed E-state index contributed by atoms with van der Waals surface area (Å²) in [6.07, 6.45) is 0.268. The fourth-order valence-corrected chi connectivity index (χ4v) is 2.22. The van der Waals surface area contributed by atoms with Crippen molar-refractivity contribution in [3.63, 3.8) is 0 Å². The Kier molecular flexibility index (Phi) is 3.80. The Balaban J connectivity index is 2.49. The first-order chi connectivity index (χ1) is 9.08. The van der Waals surface area contributed by atoms with Crippen LogP contribution in [0.15, 0.2) is 36.4 Å². The molecule has 0 atom stereocenters. The van der Waals surface area contributed by atoms with Crippen molar-refractivity contribution in [2.45, 2.75) is 19.3 Å². The summed E-state index contributed by atoms with van der Waals surface area (Å²) >= 11 is 0. The third kappa shape index (κ3) is 3.10. The zero-order valence-corrected chi connectivity index (χ0v) is 10.3. The Bertz CT molecular complexity index is 631. The number of fused-ring (bicyclic) bond motifs is 1. The molecule has 2 rings (SSSR count). The molecule has 98 valence electrons. The summed E-state index contributed by atoms with van der Waals surface area (Å²) in [6.45, 7) is 0. The molecule has 0 aliphatic carbocycles. The van der Waals surface area contributed by atoms with Crippen LogP contribution in [0.1, 0.15) is 17.5 Å². The second-order valence-electron chi connectivity index (χ2n) is 4.39. The standard InChI is InChI=1S/C15H14O4/c16-14(17)8-7-11-6-5-10-3-1-2-4-12(10)13(11)9-15(18)19/h1-6H,7-9H2,(H,16,17)(H,18,19). The van der Waals surface area contributed by atoms with Crippen LogP contribution in [0.5, 0.6) is 0 Å². The van der Waals surface area contributed by atoms with Crippen molar-refractivity contribution < 1.29 is 19.8 Å². The molecule has 0 fully saturated rings. The molecule has 0 aromatic heterocycles. The van der Waals surface area contributed by atoms with E-state index >= 15 is 0 Å². The number of rotatable bonds is 5. The Morgan fingerprint density at radius 1 is 0.947 bits per heavy atom. The molecule has 0 aliphatic rings. The molecule has 0 saturated heterocycles. The molecule has 4 heteroatoms. The summed E-state index contributed by atoms with van der Waals surface area (Å²) in [5, 5.41) is 19.6. The van der Waals surface area contributed by atoms with Crippen LogP contribution in [0.4, 0.5) is 0 Å². The lowest BCUT2D eigenvalue weighted by molar-refractivity contribution is -0.137. The molecule has 0 heterocycles. The summed E-state index contributed by atoms with van der Waals surface area (Å²) in [7, 11) is 0. The van der Waals surface area contributed by atoms with Gasteiger partial charge in [-0.15, -0.1) is 0 Å². The summed E-state index contributed by atoms with van der Waals surface area (Å²) < 4.78 is 0. The molecule has 2 N–H and O–H groups in total. The Morgan fingerprint density at radius 2 is 1.68 bits per heavy atom. The first-order valence-corrected chi connectivity index (χ1v) is 6.01. The number of carboxylic acid groups (broad SMARTS) is 2. The number of carboxylic acids is 2. The van der Waals surface area contributed by atoms with E-state index < -0.39 is 11.9 Å². The quantitative estimate of drug-likeness (QED) is 0.864. The number of carbonyl (C=O) groups is 2. The number of benzene rings is 2. The molecule has 4 nitrogen and oxygen atoms in total.